The van der Waals surface area contributed by atoms with Crippen LogP contribution in [0.2, 0.25) is 0 Å². The van der Waals surface area contributed by atoms with Crippen LogP contribution in [0.1, 0.15) is 11.7 Å². The van der Waals surface area contributed by atoms with Crippen LogP contribution in [-0.2, 0) is 16.9 Å². The highest BCUT2D eigenvalue weighted by atomic mass is 32.2. The molecule has 1 aliphatic heterocycles. The third-order valence-electron chi connectivity index (χ3n) is 4.03. The van der Waals surface area contributed by atoms with Crippen molar-refractivity contribution in [3.63, 3.8) is 0 Å². The molecule has 1 aliphatic rings. The minimum absolute atomic E-state index is 0.111. The van der Waals surface area contributed by atoms with E-state index in [9.17, 15) is 21.6 Å². The molecule has 2 aromatic rings. The van der Waals surface area contributed by atoms with E-state index < -0.39 is 22.3 Å². The van der Waals surface area contributed by atoms with E-state index in [1.54, 1.807) is 36.1 Å². The van der Waals surface area contributed by atoms with Gasteiger partial charge in [0.05, 0.1) is 10.5 Å². The number of hydrogen-bond donors (Lipinski definition) is 0. The highest BCUT2D eigenvalue weighted by molar-refractivity contribution is 7.90. The fourth-order valence-electron chi connectivity index (χ4n) is 2.84. The van der Waals surface area contributed by atoms with Gasteiger partial charge in [0.2, 0.25) is 0 Å². The molecule has 0 spiro atoms. The first-order valence-electron chi connectivity index (χ1n) is 7.64. The van der Waals surface area contributed by atoms with E-state index in [1.807, 2.05) is 0 Å². The molecule has 138 valence electrons. The Morgan fingerprint density at radius 2 is 1.73 bits per heavy atom. The van der Waals surface area contributed by atoms with E-state index in [-0.39, 0.29) is 4.90 Å². The Balaban J connectivity index is 2.04. The molecule has 0 bridgehead atoms. The molecule has 2 heterocycles. The number of aryl methyl sites for hydroxylation is 1. The fraction of sp³-hybridized carbons (Fsp3) is 0.235. The maximum atomic E-state index is 13.5. The van der Waals surface area contributed by atoms with Gasteiger partial charge >= 0.3 is 6.30 Å². The maximum absolute atomic E-state index is 13.5. The minimum Gasteiger partial charge on any atom is -0.321 e. The summed E-state index contributed by atoms with van der Waals surface area (Å²) in [6.45, 7) is 0. The molecular weight excluding hydrogens is 367 g/mol. The number of halogens is 3. The summed E-state index contributed by atoms with van der Waals surface area (Å²) >= 11 is 0. The Bertz CT molecular complexity index is 940. The van der Waals surface area contributed by atoms with Crippen LogP contribution in [0.15, 0.2) is 66.1 Å². The standard InChI is InChI=1S/C17H17F3N3O2S/c1-21-9-3-4-13(12-21)16-22(10-11-23(16)17(18,19)20)14-5-7-15(8-6-14)26(2,24)25/h3-12,16H,1-2H3/q+1. The molecule has 0 saturated heterocycles. The fourth-order valence-corrected chi connectivity index (χ4v) is 3.47. The highest BCUT2D eigenvalue weighted by Gasteiger charge is 2.46. The highest BCUT2D eigenvalue weighted by Crippen LogP contribution is 2.41. The molecule has 1 aromatic heterocycles. The number of sulfone groups is 1. The average molecular weight is 384 g/mol. The topological polar surface area (TPSA) is 44.5 Å². The summed E-state index contributed by atoms with van der Waals surface area (Å²) in [6, 6.07) is 9.06. The molecule has 9 heteroatoms. The molecule has 0 amide bonds. The Hall–Kier alpha value is -2.55. The van der Waals surface area contributed by atoms with E-state index in [0.717, 1.165) is 12.5 Å². The lowest BCUT2D eigenvalue weighted by molar-refractivity contribution is -0.672. The van der Waals surface area contributed by atoms with Crippen molar-refractivity contribution in [1.82, 2.24) is 4.90 Å². The molecule has 5 nitrogen and oxygen atoms in total. The van der Waals surface area contributed by atoms with Crippen LogP contribution in [-0.4, -0.2) is 25.9 Å². The van der Waals surface area contributed by atoms with Crippen molar-refractivity contribution >= 4 is 15.5 Å². The van der Waals surface area contributed by atoms with Crippen LogP contribution >= 0.6 is 0 Å². The van der Waals surface area contributed by atoms with E-state index in [4.69, 9.17) is 0 Å². The quantitative estimate of drug-likeness (QED) is 0.603. The Morgan fingerprint density at radius 3 is 2.27 bits per heavy atom. The van der Waals surface area contributed by atoms with E-state index in [1.165, 1.54) is 35.4 Å². The lowest BCUT2D eigenvalue weighted by Crippen LogP contribution is -2.41. The average Bonchev–Trinajstić information content (AvgIpc) is 2.99. The van der Waals surface area contributed by atoms with Crippen LogP contribution in [0, 0.1) is 0 Å². The third-order valence-corrected chi connectivity index (χ3v) is 5.16. The number of pyridine rings is 1. The van der Waals surface area contributed by atoms with Gasteiger partial charge in [0.1, 0.15) is 13.2 Å². The molecule has 1 atom stereocenters. The molecule has 1 aromatic carbocycles. The van der Waals surface area contributed by atoms with Crippen LogP contribution in [0.5, 0.6) is 0 Å². The number of nitrogens with zero attached hydrogens (tertiary/aromatic N) is 3. The first-order valence-corrected chi connectivity index (χ1v) is 9.54. The third kappa shape index (κ3) is 3.52. The Morgan fingerprint density at radius 1 is 1.08 bits per heavy atom. The Kier molecular flexibility index (Phi) is 4.43. The number of benzene rings is 1. The molecule has 3 rings (SSSR count). The summed E-state index contributed by atoms with van der Waals surface area (Å²) in [7, 11) is -1.65. The summed E-state index contributed by atoms with van der Waals surface area (Å²) in [5, 5.41) is 0. The SMILES string of the molecule is C[n+]1cccc(C2N(c3ccc(S(C)(=O)=O)cc3)C=CN2C(F)(F)F)c1. The van der Waals surface area contributed by atoms with E-state index in [2.05, 4.69) is 0 Å². The predicted molar refractivity (Wildman–Crippen MR) is 89.4 cm³/mol. The monoisotopic (exact) mass is 384 g/mol. The second-order valence-corrected chi connectivity index (χ2v) is 8.04. The first kappa shape index (κ1) is 18.2. The summed E-state index contributed by atoms with van der Waals surface area (Å²) in [5.74, 6) is 0. The maximum Gasteiger partial charge on any atom is 0.486 e. The number of anilines is 1. The lowest BCUT2D eigenvalue weighted by Gasteiger charge is -2.33. The van der Waals surface area contributed by atoms with Gasteiger partial charge in [-0.15, -0.1) is 0 Å². The molecule has 0 aliphatic carbocycles. The van der Waals surface area contributed by atoms with Crippen molar-refractivity contribution in [2.45, 2.75) is 17.4 Å². The van der Waals surface area contributed by atoms with Crippen LogP contribution in [0.3, 0.4) is 0 Å². The zero-order valence-corrected chi connectivity index (χ0v) is 14.9. The van der Waals surface area contributed by atoms with Crippen LogP contribution in [0.4, 0.5) is 18.9 Å². The predicted octanol–water partition coefficient (Wildman–Crippen LogP) is 2.73. The molecule has 0 saturated carbocycles. The second kappa shape index (κ2) is 6.31. The molecular formula is C17H17F3N3O2S+. The largest absolute Gasteiger partial charge is 0.486 e. The van der Waals surface area contributed by atoms with Gasteiger partial charge in [0.25, 0.3) is 0 Å². The molecule has 1 unspecified atom stereocenters. The van der Waals surface area contributed by atoms with Gasteiger partial charge in [-0.2, -0.15) is 13.2 Å². The smallest absolute Gasteiger partial charge is 0.321 e. The molecule has 26 heavy (non-hydrogen) atoms. The van der Waals surface area contributed by atoms with Crippen LogP contribution in [0.25, 0.3) is 0 Å². The van der Waals surface area contributed by atoms with Crippen molar-refractivity contribution in [1.29, 1.82) is 0 Å². The lowest BCUT2D eigenvalue weighted by atomic mass is 10.2. The molecule has 0 radical (unpaired) electrons. The number of hydrogen-bond acceptors (Lipinski definition) is 4. The van der Waals surface area contributed by atoms with E-state index in [0.29, 0.717) is 16.2 Å². The van der Waals surface area contributed by atoms with Gasteiger partial charge in [0, 0.05) is 30.4 Å². The summed E-state index contributed by atoms with van der Waals surface area (Å²) in [6.07, 6.45) is 1.06. The molecule has 0 fully saturated rings. The second-order valence-electron chi connectivity index (χ2n) is 6.02. The van der Waals surface area contributed by atoms with Gasteiger partial charge in [-0.25, -0.2) is 13.0 Å². The first-order chi connectivity index (χ1) is 12.1. The zero-order valence-electron chi connectivity index (χ0n) is 14.1. The number of alkyl halides is 3. The summed E-state index contributed by atoms with van der Waals surface area (Å²) < 4.78 is 65.2. The van der Waals surface area contributed by atoms with Gasteiger partial charge in [-0.05, 0) is 30.3 Å². The van der Waals surface area contributed by atoms with Gasteiger partial charge in [0.15, 0.2) is 22.2 Å². The number of aromatic nitrogens is 1. The van der Waals surface area contributed by atoms with Crippen molar-refractivity contribution in [3.8, 4) is 0 Å². The summed E-state index contributed by atoms with van der Waals surface area (Å²) in [4.78, 5) is 1.88. The number of rotatable bonds is 3. The van der Waals surface area contributed by atoms with Crippen molar-refractivity contribution in [2.24, 2.45) is 7.05 Å². The minimum atomic E-state index is -4.56. The van der Waals surface area contributed by atoms with Crippen molar-refractivity contribution in [2.75, 3.05) is 11.2 Å². The summed E-state index contributed by atoms with van der Waals surface area (Å²) in [5.41, 5.74) is 0.904. The molecule has 0 N–H and O–H groups in total. The van der Waals surface area contributed by atoms with Crippen LogP contribution < -0.4 is 9.47 Å². The zero-order chi connectivity index (χ0) is 19.1. The Labute approximate surface area is 149 Å². The van der Waals surface area contributed by atoms with Gasteiger partial charge in [-0.3, -0.25) is 4.90 Å². The van der Waals surface area contributed by atoms with Crippen molar-refractivity contribution in [3.05, 3.63) is 66.8 Å². The van der Waals surface area contributed by atoms with E-state index >= 15 is 0 Å². The van der Waals surface area contributed by atoms with Crippen molar-refractivity contribution < 1.29 is 26.2 Å². The normalized spacial score (nSPS) is 17.8. The van der Waals surface area contributed by atoms with Gasteiger partial charge in [-0.1, -0.05) is 0 Å². The van der Waals surface area contributed by atoms with Gasteiger partial charge < -0.3 is 4.90 Å².